The minimum Gasteiger partial charge on any atom is -0.266 e. The van der Waals surface area contributed by atoms with Gasteiger partial charge in [-0.25, -0.2) is 0 Å². The van der Waals surface area contributed by atoms with Gasteiger partial charge in [0.2, 0.25) is 0 Å². The molecular formula is C12H27NO3. The molecular weight excluding hydrogens is 206 g/mol. The lowest BCUT2D eigenvalue weighted by Crippen LogP contribution is -2.14. The number of hydrogen-bond donors (Lipinski definition) is 2. The molecule has 0 bridgehead atoms. The van der Waals surface area contributed by atoms with Crippen LogP contribution in [0.2, 0.25) is 0 Å². The first-order chi connectivity index (χ1) is 7.77. The largest absolute Gasteiger partial charge is 0.266 e. The normalized spacial score (nSPS) is 11.2. The summed E-state index contributed by atoms with van der Waals surface area (Å²) in [4.78, 5) is 4.46. The average Bonchev–Trinajstić information content (AvgIpc) is 2.25. The Kier molecular flexibility index (Phi) is 12.8. The van der Waals surface area contributed by atoms with Crippen molar-refractivity contribution in [3.05, 3.63) is 0 Å². The maximum atomic E-state index is 8.26. The zero-order valence-electron chi connectivity index (χ0n) is 10.5. The Morgan fingerprint density at radius 2 is 1.19 bits per heavy atom. The summed E-state index contributed by atoms with van der Waals surface area (Å²) >= 11 is 0. The van der Waals surface area contributed by atoms with Crippen LogP contribution >= 0.6 is 0 Å². The first-order valence-electron chi connectivity index (χ1n) is 6.58. The minimum absolute atomic E-state index is 0.215. The number of unbranched alkanes of at least 4 members (excludes halogenated alkanes) is 9. The van der Waals surface area contributed by atoms with Crippen molar-refractivity contribution in [2.24, 2.45) is 0 Å². The smallest absolute Gasteiger partial charge is 0.0736 e. The van der Waals surface area contributed by atoms with Crippen molar-refractivity contribution in [3.63, 3.8) is 0 Å². The molecule has 16 heavy (non-hydrogen) atoms. The van der Waals surface area contributed by atoms with Crippen molar-refractivity contribution in [1.29, 1.82) is 0 Å². The molecule has 0 rings (SSSR count). The summed E-state index contributed by atoms with van der Waals surface area (Å²) in [7, 11) is 0. The van der Waals surface area contributed by atoms with Crippen LogP contribution in [-0.4, -0.2) is 22.4 Å². The summed E-state index contributed by atoms with van der Waals surface area (Å²) in [6, 6.07) is 0. The SMILES string of the molecule is CCCCCCCCCCCCON(O)O. The van der Waals surface area contributed by atoms with Crippen LogP contribution in [0.25, 0.3) is 0 Å². The van der Waals surface area contributed by atoms with E-state index in [1.165, 1.54) is 51.4 Å². The molecule has 0 aliphatic carbocycles. The molecule has 0 fully saturated rings. The molecule has 0 radical (unpaired) electrons. The van der Waals surface area contributed by atoms with Crippen molar-refractivity contribution < 1.29 is 15.3 Å². The van der Waals surface area contributed by atoms with Crippen LogP contribution in [0.15, 0.2) is 0 Å². The van der Waals surface area contributed by atoms with Gasteiger partial charge in [0.25, 0.3) is 0 Å². The van der Waals surface area contributed by atoms with E-state index in [1.807, 2.05) is 0 Å². The van der Waals surface area contributed by atoms with Gasteiger partial charge in [-0.2, -0.15) is 0 Å². The Hall–Kier alpha value is -0.160. The molecule has 2 N–H and O–H groups in total. The first-order valence-corrected chi connectivity index (χ1v) is 6.58. The van der Waals surface area contributed by atoms with Gasteiger partial charge in [0, 0.05) is 0 Å². The van der Waals surface area contributed by atoms with Crippen LogP contribution in [0.5, 0.6) is 0 Å². The van der Waals surface area contributed by atoms with Crippen LogP contribution in [0.4, 0.5) is 0 Å². The van der Waals surface area contributed by atoms with Crippen molar-refractivity contribution in [2.45, 2.75) is 71.1 Å². The van der Waals surface area contributed by atoms with Gasteiger partial charge in [-0.3, -0.25) is 15.3 Å². The van der Waals surface area contributed by atoms with Gasteiger partial charge in [-0.1, -0.05) is 64.7 Å². The number of rotatable bonds is 12. The summed E-state index contributed by atoms with van der Waals surface area (Å²) in [6.07, 6.45) is 12.6. The van der Waals surface area contributed by atoms with Crippen LogP contribution in [0.3, 0.4) is 0 Å². The minimum atomic E-state index is -0.215. The second kappa shape index (κ2) is 12.9. The Balaban J connectivity index is 2.88. The number of nitrogens with zero attached hydrogens (tertiary/aromatic N) is 1. The molecule has 0 atom stereocenters. The molecule has 0 saturated heterocycles. The lowest BCUT2D eigenvalue weighted by Gasteiger charge is -2.05. The van der Waals surface area contributed by atoms with Crippen LogP contribution in [-0.2, 0) is 4.84 Å². The molecule has 4 nitrogen and oxygen atoms in total. The highest BCUT2D eigenvalue weighted by Crippen LogP contribution is 2.10. The second-order valence-electron chi connectivity index (χ2n) is 4.27. The van der Waals surface area contributed by atoms with Gasteiger partial charge in [-0.05, 0) is 6.42 Å². The summed E-state index contributed by atoms with van der Waals surface area (Å²) in [6.45, 7) is 2.62. The Morgan fingerprint density at radius 3 is 1.62 bits per heavy atom. The van der Waals surface area contributed by atoms with E-state index in [9.17, 15) is 0 Å². The molecule has 0 unspecified atom stereocenters. The third-order valence-corrected chi connectivity index (χ3v) is 2.70. The molecule has 0 aromatic rings. The fraction of sp³-hybridized carbons (Fsp3) is 1.00. The Morgan fingerprint density at radius 1 is 0.750 bits per heavy atom. The summed E-state index contributed by atoms with van der Waals surface area (Å²) < 4.78 is 0. The molecule has 0 spiro atoms. The van der Waals surface area contributed by atoms with E-state index in [4.69, 9.17) is 10.4 Å². The highest BCUT2D eigenvalue weighted by atomic mass is 17.1. The second-order valence-corrected chi connectivity index (χ2v) is 4.27. The lowest BCUT2D eigenvalue weighted by molar-refractivity contribution is -0.492. The fourth-order valence-corrected chi connectivity index (χ4v) is 1.74. The maximum Gasteiger partial charge on any atom is 0.0736 e. The first kappa shape index (κ1) is 15.8. The van der Waals surface area contributed by atoms with Crippen LogP contribution < -0.4 is 0 Å². The zero-order valence-corrected chi connectivity index (χ0v) is 10.5. The highest BCUT2D eigenvalue weighted by molar-refractivity contribution is 4.46. The third-order valence-electron chi connectivity index (χ3n) is 2.70. The Bertz CT molecular complexity index is 131. The molecule has 4 heteroatoms. The van der Waals surface area contributed by atoms with Gasteiger partial charge >= 0.3 is 0 Å². The van der Waals surface area contributed by atoms with Gasteiger partial charge in [0.1, 0.15) is 0 Å². The van der Waals surface area contributed by atoms with Gasteiger partial charge in [0.15, 0.2) is 0 Å². The van der Waals surface area contributed by atoms with E-state index in [1.54, 1.807) is 0 Å². The number of hydrogen-bond acceptors (Lipinski definition) is 4. The average molecular weight is 233 g/mol. The van der Waals surface area contributed by atoms with E-state index in [0.717, 1.165) is 12.8 Å². The van der Waals surface area contributed by atoms with E-state index >= 15 is 0 Å². The predicted molar refractivity (Wildman–Crippen MR) is 63.2 cm³/mol. The fourth-order valence-electron chi connectivity index (χ4n) is 1.74. The predicted octanol–water partition coefficient (Wildman–Crippen LogP) is 3.92. The monoisotopic (exact) mass is 233 g/mol. The summed E-state index contributed by atoms with van der Waals surface area (Å²) in [5.41, 5.74) is 0. The molecule has 0 aliphatic rings. The topological polar surface area (TPSA) is 52.9 Å². The van der Waals surface area contributed by atoms with Crippen LogP contribution in [0.1, 0.15) is 71.1 Å². The highest BCUT2D eigenvalue weighted by Gasteiger charge is 1.95. The summed E-state index contributed by atoms with van der Waals surface area (Å²) in [5.74, 6) is 0. The molecule has 0 amide bonds. The van der Waals surface area contributed by atoms with Gasteiger partial charge in [0.05, 0.1) is 12.0 Å². The van der Waals surface area contributed by atoms with E-state index in [0.29, 0.717) is 6.61 Å². The Labute approximate surface area is 99.1 Å². The van der Waals surface area contributed by atoms with Crippen molar-refractivity contribution in [1.82, 2.24) is 5.39 Å². The van der Waals surface area contributed by atoms with Crippen molar-refractivity contribution in [3.8, 4) is 0 Å². The third kappa shape index (κ3) is 13.8. The van der Waals surface area contributed by atoms with E-state index in [-0.39, 0.29) is 5.39 Å². The van der Waals surface area contributed by atoms with E-state index < -0.39 is 0 Å². The standard InChI is InChI=1S/C12H27NO3/c1-2-3-4-5-6-7-8-9-10-11-12-16-13(14)15/h14-15H,2-12H2,1H3. The molecule has 0 aliphatic heterocycles. The zero-order chi connectivity index (χ0) is 12.1. The van der Waals surface area contributed by atoms with E-state index in [2.05, 4.69) is 11.8 Å². The molecule has 0 aromatic heterocycles. The molecule has 98 valence electrons. The van der Waals surface area contributed by atoms with Crippen molar-refractivity contribution >= 4 is 0 Å². The summed E-state index contributed by atoms with van der Waals surface area (Å²) in [5, 5.41) is 16.3. The van der Waals surface area contributed by atoms with Gasteiger partial charge in [-0.15, -0.1) is 0 Å². The van der Waals surface area contributed by atoms with Gasteiger partial charge < -0.3 is 0 Å². The lowest BCUT2D eigenvalue weighted by atomic mass is 10.1. The molecule has 0 saturated carbocycles. The molecule has 0 aromatic carbocycles. The maximum absolute atomic E-state index is 8.26. The van der Waals surface area contributed by atoms with Crippen LogP contribution in [0, 0.1) is 0 Å². The molecule has 0 heterocycles. The van der Waals surface area contributed by atoms with Crippen molar-refractivity contribution in [2.75, 3.05) is 6.61 Å². The quantitative estimate of drug-likeness (QED) is 0.396.